The van der Waals surface area contributed by atoms with E-state index in [1.165, 1.54) is 16.5 Å². The molecule has 0 bridgehead atoms. The Balaban J connectivity index is 1.08. The zero-order valence-corrected chi connectivity index (χ0v) is 19.4. The SMILES string of the molecule is O=C(C1CC1)N1CC[C@@H](CN2C(=O)C3(CC3)N=C2C2=CCC(c3ccc4cc[nH]c4c3)C=C2)C1. The summed E-state index contributed by atoms with van der Waals surface area (Å²) in [5.41, 5.74) is 3.03. The minimum absolute atomic E-state index is 0.170. The predicted molar refractivity (Wildman–Crippen MR) is 131 cm³/mol. The zero-order chi connectivity index (χ0) is 22.9. The topological polar surface area (TPSA) is 68.8 Å². The molecule has 3 fully saturated rings. The molecule has 5 aliphatic rings. The van der Waals surface area contributed by atoms with E-state index in [-0.39, 0.29) is 11.8 Å². The lowest BCUT2D eigenvalue weighted by Gasteiger charge is -2.25. The van der Waals surface area contributed by atoms with Gasteiger partial charge in [0.05, 0.1) is 0 Å². The van der Waals surface area contributed by atoms with E-state index < -0.39 is 5.54 Å². The second-order valence-electron chi connectivity index (χ2n) is 10.8. The molecular formula is C28H30N4O2. The lowest BCUT2D eigenvalue weighted by Crippen LogP contribution is -2.41. The van der Waals surface area contributed by atoms with E-state index >= 15 is 0 Å². The number of aromatic amines is 1. The van der Waals surface area contributed by atoms with Crippen molar-refractivity contribution in [3.63, 3.8) is 0 Å². The van der Waals surface area contributed by atoms with Gasteiger partial charge >= 0.3 is 0 Å². The molecule has 1 N–H and O–H groups in total. The van der Waals surface area contributed by atoms with Crippen molar-refractivity contribution in [2.75, 3.05) is 19.6 Å². The Labute approximate surface area is 199 Å². The van der Waals surface area contributed by atoms with Gasteiger partial charge in [-0.3, -0.25) is 19.5 Å². The molecule has 2 atom stereocenters. The quantitative estimate of drug-likeness (QED) is 0.737. The number of rotatable bonds is 5. The molecule has 2 amide bonds. The summed E-state index contributed by atoms with van der Waals surface area (Å²) in [7, 11) is 0. The highest BCUT2D eigenvalue weighted by Crippen LogP contribution is 2.47. The van der Waals surface area contributed by atoms with Gasteiger partial charge in [0, 0.05) is 48.8 Å². The molecule has 2 saturated carbocycles. The largest absolute Gasteiger partial charge is 0.361 e. The third-order valence-electron chi connectivity index (χ3n) is 8.27. The van der Waals surface area contributed by atoms with E-state index in [4.69, 9.17) is 4.99 Å². The van der Waals surface area contributed by atoms with Crippen LogP contribution in [0.1, 0.15) is 50.0 Å². The molecule has 1 unspecified atom stereocenters. The number of hydrogen-bond donors (Lipinski definition) is 1. The monoisotopic (exact) mass is 454 g/mol. The lowest BCUT2D eigenvalue weighted by molar-refractivity contribution is -0.131. The number of nitrogens with one attached hydrogen (secondary N) is 1. The molecule has 174 valence electrons. The summed E-state index contributed by atoms with van der Waals surface area (Å²) >= 11 is 0. The van der Waals surface area contributed by atoms with E-state index in [2.05, 4.69) is 47.5 Å². The Morgan fingerprint density at radius 3 is 2.82 bits per heavy atom. The van der Waals surface area contributed by atoms with Crippen LogP contribution in [0.15, 0.2) is 59.3 Å². The number of carbonyl (C=O) groups is 2. The van der Waals surface area contributed by atoms with Crippen molar-refractivity contribution in [2.45, 2.75) is 50.0 Å². The molecule has 1 spiro atoms. The maximum Gasteiger partial charge on any atom is 0.256 e. The number of nitrogens with zero attached hydrogens (tertiary/aromatic N) is 3. The first-order valence-electron chi connectivity index (χ1n) is 12.8. The summed E-state index contributed by atoms with van der Waals surface area (Å²) in [6.45, 7) is 2.28. The predicted octanol–water partition coefficient (Wildman–Crippen LogP) is 4.17. The van der Waals surface area contributed by atoms with Gasteiger partial charge < -0.3 is 9.88 Å². The van der Waals surface area contributed by atoms with Crippen LogP contribution in [-0.4, -0.2) is 57.6 Å². The Hall–Kier alpha value is -3.15. The van der Waals surface area contributed by atoms with E-state index in [0.717, 1.165) is 63.0 Å². The molecule has 3 heterocycles. The molecule has 2 aliphatic heterocycles. The maximum absolute atomic E-state index is 13.3. The average molecular weight is 455 g/mol. The van der Waals surface area contributed by atoms with Crippen molar-refractivity contribution >= 4 is 28.6 Å². The van der Waals surface area contributed by atoms with Crippen LogP contribution in [0.25, 0.3) is 10.9 Å². The third-order valence-corrected chi connectivity index (χ3v) is 8.27. The molecule has 0 radical (unpaired) electrons. The van der Waals surface area contributed by atoms with E-state index in [9.17, 15) is 9.59 Å². The molecule has 6 nitrogen and oxygen atoms in total. The first-order valence-corrected chi connectivity index (χ1v) is 12.8. The van der Waals surface area contributed by atoms with Crippen LogP contribution in [0.4, 0.5) is 0 Å². The Bertz CT molecular complexity index is 1280. The van der Waals surface area contributed by atoms with Crippen molar-refractivity contribution in [1.29, 1.82) is 0 Å². The van der Waals surface area contributed by atoms with Gasteiger partial charge in [0.25, 0.3) is 5.91 Å². The number of hydrogen-bond acceptors (Lipinski definition) is 3. The van der Waals surface area contributed by atoms with Crippen molar-refractivity contribution in [1.82, 2.24) is 14.8 Å². The summed E-state index contributed by atoms with van der Waals surface area (Å²) in [4.78, 5) is 38.1. The highest BCUT2D eigenvalue weighted by Gasteiger charge is 2.57. The third kappa shape index (κ3) is 3.34. The van der Waals surface area contributed by atoms with Gasteiger partial charge in [-0.1, -0.05) is 30.4 Å². The number of amidine groups is 1. The van der Waals surface area contributed by atoms with Gasteiger partial charge in [0.2, 0.25) is 5.91 Å². The number of allylic oxidation sites excluding steroid dienone is 2. The van der Waals surface area contributed by atoms with Gasteiger partial charge in [-0.05, 0) is 67.5 Å². The summed E-state index contributed by atoms with van der Waals surface area (Å²) in [6, 6.07) is 8.71. The summed E-state index contributed by atoms with van der Waals surface area (Å²) in [5.74, 6) is 2.27. The van der Waals surface area contributed by atoms with Crippen molar-refractivity contribution in [3.8, 4) is 0 Å². The molecule has 1 saturated heterocycles. The van der Waals surface area contributed by atoms with Crippen LogP contribution < -0.4 is 0 Å². The molecule has 34 heavy (non-hydrogen) atoms. The standard InChI is InChI=1S/C28H30N4O2/c33-26(22-6-7-22)31-14-10-18(16-31)17-32-25(30-28(11-12-28)27(32)34)21-4-1-19(2-5-21)23-8-3-20-9-13-29-24(20)15-23/h1,3-5,8-9,13,15,18-19,22,29H,2,6-7,10-12,14,16-17H2/t18-,19?/m1/s1. The van der Waals surface area contributed by atoms with Crippen LogP contribution in [-0.2, 0) is 9.59 Å². The van der Waals surface area contributed by atoms with Gasteiger partial charge in [-0.2, -0.15) is 0 Å². The Morgan fingerprint density at radius 2 is 2.06 bits per heavy atom. The molecule has 1 aromatic carbocycles. The Morgan fingerprint density at radius 1 is 1.18 bits per heavy atom. The molecule has 2 aromatic rings. The second-order valence-corrected chi connectivity index (χ2v) is 10.8. The minimum Gasteiger partial charge on any atom is -0.361 e. The van der Waals surface area contributed by atoms with Gasteiger partial charge in [-0.15, -0.1) is 0 Å². The molecule has 6 heteroatoms. The van der Waals surface area contributed by atoms with E-state index in [1.807, 2.05) is 16.0 Å². The fourth-order valence-corrected chi connectivity index (χ4v) is 5.85. The van der Waals surface area contributed by atoms with E-state index in [1.54, 1.807) is 0 Å². The Kier molecular flexibility index (Phi) is 4.42. The van der Waals surface area contributed by atoms with Crippen LogP contribution in [0.3, 0.4) is 0 Å². The number of aromatic nitrogens is 1. The highest BCUT2D eigenvalue weighted by atomic mass is 16.2. The van der Waals surface area contributed by atoms with E-state index in [0.29, 0.717) is 24.3 Å². The highest BCUT2D eigenvalue weighted by molar-refractivity contribution is 6.17. The van der Waals surface area contributed by atoms with Crippen LogP contribution >= 0.6 is 0 Å². The van der Waals surface area contributed by atoms with Crippen LogP contribution in [0.2, 0.25) is 0 Å². The zero-order valence-electron chi connectivity index (χ0n) is 19.4. The van der Waals surface area contributed by atoms with Crippen molar-refractivity contribution in [3.05, 3.63) is 59.8 Å². The number of amides is 2. The first-order chi connectivity index (χ1) is 16.6. The minimum atomic E-state index is -0.498. The summed E-state index contributed by atoms with van der Waals surface area (Å²) in [5, 5.41) is 1.23. The molecule has 3 aliphatic carbocycles. The number of likely N-dealkylation sites (tertiary alicyclic amines) is 1. The average Bonchev–Trinajstić information content (AvgIpc) is 3.74. The summed E-state index contributed by atoms with van der Waals surface area (Å²) in [6.07, 6.45) is 14.3. The van der Waals surface area contributed by atoms with Gasteiger partial charge in [-0.25, -0.2) is 0 Å². The number of fused-ring (bicyclic) bond motifs is 1. The second kappa shape index (κ2) is 7.42. The smallest absolute Gasteiger partial charge is 0.256 e. The molecule has 7 rings (SSSR count). The van der Waals surface area contributed by atoms with Gasteiger partial charge in [0.1, 0.15) is 11.4 Å². The molecule has 1 aromatic heterocycles. The number of H-pyrrole nitrogens is 1. The van der Waals surface area contributed by atoms with Crippen molar-refractivity contribution < 1.29 is 9.59 Å². The van der Waals surface area contributed by atoms with Crippen LogP contribution in [0.5, 0.6) is 0 Å². The number of benzene rings is 1. The fourth-order valence-electron chi connectivity index (χ4n) is 5.85. The summed E-state index contributed by atoms with van der Waals surface area (Å²) < 4.78 is 0. The van der Waals surface area contributed by atoms with Crippen molar-refractivity contribution in [2.24, 2.45) is 16.8 Å². The number of carbonyl (C=O) groups excluding carboxylic acids is 2. The fraction of sp³-hybridized carbons (Fsp3) is 0.464. The first kappa shape index (κ1) is 20.2. The molecular weight excluding hydrogens is 424 g/mol. The normalized spacial score (nSPS) is 27.6. The maximum atomic E-state index is 13.3. The van der Waals surface area contributed by atoms with Gasteiger partial charge in [0.15, 0.2) is 0 Å². The van der Waals surface area contributed by atoms with Crippen LogP contribution in [0, 0.1) is 11.8 Å². The lowest BCUT2D eigenvalue weighted by atomic mass is 9.89. The number of aliphatic imine (C=N–C) groups is 1.